The fourth-order valence-electron chi connectivity index (χ4n) is 5.38. The minimum Gasteiger partial charge on any atom is -0.497 e. The molecule has 2 atom stereocenters. The number of hydrogen-bond acceptors (Lipinski definition) is 6. The van der Waals surface area contributed by atoms with Gasteiger partial charge in [0.2, 0.25) is 0 Å². The highest BCUT2D eigenvalue weighted by molar-refractivity contribution is 5.90. The molecule has 0 aliphatic heterocycles. The summed E-state index contributed by atoms with van der Waals surface area (Å²) >= 11 is 0. The fraction of sp³-hybridized carbons (Fsp3) is 0.229. The van der Waals surface area contributed by atoms with Crippen molar-refractivity contribution in [2.45, 2.75) is 39.7 Å². The third-order valence-corrected chi connectivity index (χ3v) is 7.78. The van der Waals surface area contributed by atoms with Gasteiger partial charge in [-0.05, 0) is 97.1 Å². The lowest BCUT2D eigenvalue weighted by Gasteiger charge is -2.26. The minimum atomic E-state index is -0.708. The maximum atomic E-state index is 13.9. The molecule has 4 aromatic carbocycles. The first-order chi connectivity index (χ1) is 20.2. The average Bonchev–Trinajstić information content (AvgIpc) is 3.54. The quantitative estimate of drug-likeness (QED) is 0.186. The van der Waals surface area contributed by atoms with Crippen molar-refractivity contribution in [1.29, 1.82) is 0 Å². The van der Waals surface area contributed by atoms with Crippen molar-refractivity contribution in [3.63, 3.8) is 0 Å². The van der Waals surface area contributed by atoms with E-state index in [0.717, 1.165) is 55.6 Å². The molecule has 2 unspecified atom stereocenters. The number of methoxy groups -OCH3 is 2. The van der Waals surface area contributed by atoms with Crippen LogP contribution in [0.25, 0.3) is 16.5 Å². The van der Waals surface area contributed by atoms with Gasteiger partial charge in [-0.2, -0.15) is 0 Å². The summed E-state index contributed by atoms with van der Waals surface area (Å²) in [6.45, 7) is 7.71. The number of hydrogen-bond donors (Lipinski definition) is 0. The first-order valence-electron chi connectivity index (χ1n) is 13.8. The Hall–Kier alpha value is -4.91. The van der Waals surface area contributed by atoms with E-state index < -0.39 is 18.0 Å². The SMILES string of the molecule is COC(=O)c1cc(C)c(C(OC(=O)C(C)c2ccc3cc(OC)ccc3c2)c2cc(-n3ccnc3)ccc2C)c(C)c1. The van der Waals surface area contributed by atoms with Crippen molar-refractivity contribution in [2.75, 3.05) is 14.2 Å². The summed E-state index contributed by atoms with van der Waals surface area (Å²) in [5.41, 5.74) is 6.51. The number of aromatic nitrogens is 2. The Kier molecular flexibility index (Phi) is 8.11. The van der Waals surface area contributed by atoms with E-state index in [0.29, 0.717) is 5.56 Å². The van der Waals surface area contributed by atoms with Gasteiger partial charge in [0.25, 0.3) is 0 Å². The molecule has 0 N–H and O–H groups in total. The zero-order valence-corrected chi connectivity index (χ0v) is 24.7. The molecule has 0 fully saturated rings. The average molecular weight is 563 g/mol. The van der Waals surface area contributed by atoms with Crippen LogP contribution in [0.1, 0.15) is 62.7 Å². The van der Waals surface area contributed by atoms with E-state index in [9.17, 15) is 9.59 Å². The number of fused-ring (bicyclic) bond motifs is 1. The second-order valence-corrected chi connectivity index (χ2v) is 10.5. The highest BCUT2D eigenvalue weighted by atomic mass is 16.5. The van der Waals surface area contributed by atoms with Crippen LogP contribution < -0.4 is 4.74 Å². The van der Waals surface area contributed by atoms with Crippen LogP contribution in [0.2, 0.25) is 0 Å². The van der Waals surface area contributed by atoms with Crippen molar-refractivity contribution in [3.8, 4) is 11.4 Å². The van der Waals surface area contributed by atoms with Crippen molar-refractivity contribution in [2.24, 2.45) is 0 Å². The van der Waals surface area contributed by atoms with E-state index in [1.54, 1.807) is 31.8 Å². The topological polar surface area (TPSA) is 79.6 Å². The van der Waals surface area contributed by atoms with Crippen LogP contribution in [0.3, 0.4) is 0 Å². The summed E-state index contributed by atoms with van der Waals surface area (Å²) in [5, 5.41) is 2.04. The van der Waals surface area contributed by atoms with Crippen LogP contribution in [0, 0.1) is 20.8 Å². The summed E-state index contributed by atoms with van der Waals surface area (Å²) in [7, 11) is 3.00. The second kappa shape index (κ2) is 11.9. The van der Waals surface area contributed by atoms with Crippen LogP contribution in [0.15, 0.2) is 85.5 Å². The third-order valence-electron chi connectivity index (χ3n) is 7.78. The van der Waals surface area contributed by atoms with Gasteiger partial charge in [-0.25, -0.2) is 9.78 Å². The molecule has 0 amide bonds. The van der Waals surface area contributed by atoms with Crippen LogP contribution in [-0.2, 0) is 14.3 Å². The van der Waals surface area contributed by atoms with E-state index in [-0.39, 0.29) is 5.97 Å². The number of aryl methyl sites for hydroxylation is 3. The molecule has 0 aliphatic carbocycles. The van der Waals surface area contributed by atoms with Crippen LogP contribution in [-0.4, -0.2) is 35.7 Å². The van der Waals surface area contributed by atoms with E-state index in [4.69, 9.17) is 14.2 Å². The number of nitrogens with zero attached hydrogens (tertiary/aromatic N) is 2. The lowest BCUT2D eigenvalue weighted by Crippen LogP contribution is -2.20. The largest absolute Gasteiger partial charge is 0.497 e. The standard InChI is InChI=1S/C35H34N2O5/c1-21-7-11-29(37-14-13-36-20-37)19-31(21)33(32-22(2)15-28(16-23(32)3)35(39)41-6)42-34(38)24(4)25-8-9-27-18-30(40-5)12-10-26(27)17-25/h7-20,24,33H,1-6H3. The highest BCUT2D eigenvalue weighted by Gasteiger charge is 2.29. The van der Waals surface area contributed by atoms with Gasteiger partial charge < -0.3 is 18.8 Å². The number of carbonyl (C=O) groups is 2. The maximum absolute atomic E-state index is 13.9. The molecule has 0 radical (unpaired) electrons. The Morgan fingerprint density at radius 3 is 2.21 bits per heavy atom. The van der Waals surface area contributed by atoms with E-state index in [1.807, 2.05) is 93.1 Å². The van der Waals surface area contributed by atoms with Crippen LogP contribution >= 0.6 is 0 Å². The van der Waals surface area contributed by atoms with Crippen molar-refractivity contribution in [1.82, 2.24) is 9.55 Å². The Morgan fingerprint density at radius 2 is 1.55 bits per heavy atom. The minimum absolute atomic E-state index is 0.351. The highest BCUT2D eigenvalue weighted by Crippen LogP contribution is 2.37. The van der Waals surface area contributed by atoms with Crippen LogP contribution in [0.5, 0.6) is 5.75 Å². The molecule has 0 saturated carbocycles. The monoisotopic (exact) mass is 562 g/mol. The number of rotatable bonds is 8. The molecule has 5 aromatic rings. The first-order valence-corrected chi connectivity index (χ1v) is 13.8. The normalized spacial score (nSPS) is 12.5. The Labute approximate surface area is 245 Å². The summed E-state index contributed by atoms with van der Waals surface area (Å²) < 4.78 is 18.6. The molecule has 0 spiro atoms. The van der Waals surface area contributed by atoms with Crippen LogP contribution in [0.4, 0.5) is 0 Å². The van der Waals surface area contributed by atoms with Gasteiger partial charge >= 0.3 is 11.9 Å². The Balaban J connectivity index is 1.57. The lowest BCUT2D eigenvalue weighted by molar-refractivity contribution is -0.149. The molecule has 5 rings (SSSR count). The number of carbonyl (C=O) groups excluding carboxylic acids is 2. The fourth-order valence-corrected chi connectivity index (χ4v) is 5.38. The van der Waals surface area contributed by atoms with Crippen molar-refractivity contribution in [3.05, 3.63) is 124 Å². The third kappa shape index (κ3) is 5.63. The van der Waals surface area contributed by atoms with Gasteiger partial charge in [-0.1, -0.05) is 30.3 Å². The summed E-state index contributed by atoms with van der Waals surface area (Å²) in [6.07, 6.45) is 4.61. The number of benzene rings is 4. The van der Waals surface area contributed by atoms with Gasteiger partial charge in [-0.15, -0.1) is 0 Å². The number of ether oxygens (including phenoxy) is 3. The summed E-state index contributed by atoms with van der Waals surface area (Å²) in [5.74, 6) is -0.507. The zero-order chi connectivity index (χ0) is 30.0. The molecule has 0 aliphatic rings. The van der Waals surface area contributed by atoms with E-state index in [1.165, 1.54) is 7.11 Å². The lowest BCUT2D eigenvalue weighted by atomic mass is 9.89. The maximum Gasteiger partial charge on any atom is 0.337 e. The molecule has 1 heterocycles. The van der Waals surface area contributed by atoms with Gasteiger partial charge in [-0.3, -0.25) is 4.79 Å². The van der Waals surface area contributed by atoms with E-state index >= 15 is 0 Å². The first kappa shape index (κ1) is 28.6. The molecule has 0 bridgehead atoms. The zero-order valence-electron chi connectivity index (χ0n) is 24.7. The molecule has 7 heteroatoms. The molecular formula is C35H34N2O5. The smallest absolute Gasteiger partial charge is 0.337 e. The van der Waals surface area contributed by atoms with Gasteiger partial charge in [0, 0.05) is 29.2 Å². The van der Waals surface area contributed by atoms with Crippen molar-refractivity contribution >= 4 is 22.7 Å². The molecule has 7 nitrogen and oxygen atoms in total. The molecule has 42 heavy (non-hydrogen) atoms. The molecular weight excluding hydrogens is 528 g/mol. The number of esters is 2. The van der Waals surface area contributed by atoms with Gasteiger partial charge in [0.15, 0.2) is 6.10 Å². The Bertz CT molecular complexity index is 1750. The molecule has 214 valence electrons. The molecule has 0 saturated heterocycles. The Morgan fingerprint density at radius 1 is 0.833 bits per heavy atom. The van der Waals surface area contributed by atoms with Crippen molar-refractivity contribution < 1.29 is 23.8 Å². The van der Waals surface area contributed by atoms with E-state index in [2.05, 4.69) is 4.98 Å². The summed E-state index contributed by atoms with van der Waals surface area (Å²) in [4.78, 5) is 30.4. The summed E-state index contributed by atoms with van der Waals surface area (Å²) in [6, 6.07) is 21.4. The van der Waals surface area contributed by atoms with Gasteiger partial charge in [0.1, 0.15) is 5.75 Å². The number of imidazole rings is 1. The van der Waals surface area contributed by atoms with Gasteiger partial charge in [0.05, 0.1) is 32.0 Å². The predicted octanol–water partition coefficient (Wildman–Crippen LogP) is 7.18. The second-order valence-electron chi connectivity index (χ2n) is 10.5. The predicted molar refractivity (Wildman–Crippen MR) is 162 cm³/mol. The molecule has 1 aromatic heterocycles.